The molecule has 96 valence electrons. The maximum absolute atomic E-state index is 9.57. The van der Waals surface area contributed by atoms with Crippen LogP contribution in [0.3, 0.4) is 0 Å². The molecular formula is C15H24O2. The summed E-state index contributed by atoms with van der Waals surface area (Å²) in [5.74, 6) is 1.63. The summed E-state index contributed by atoms with van der Waals surface area (Å²) in [6.07, 6.45) is 0.647. The molecule has 0 aliphatic rings. The van der Waals surface area contributed by atoms with E-state index in [0.29, 0.717) is 5.92 Å². The Labute approximate surface area is 105 Å². The Balaban J connectivity index is 2.79. The summed E-state index contributed by atoms with van der Waals surface area (Å²) in [6.45, 7) is 11.0. The van der Waals surface area contributed by atoms with Gasteiger partial charge in [0, 0.05) is 0 Å². The van der Waals surface area contributed by atoms with Gasteiger partial charge in [0.15, 0.2) is 0 Å². The molecule has 0 heterocycles. The molecule has 1 N–H and O–H groups in total. The van der Waals surface area contributed by atoms with Crippen LogP contribution >= 0.6 is 0 Å². The minimum atomic E-state index is -0.419. The quantitative estimate of drug-likeness (QED) is 0.843. The SMILES string of the molecule is Cc1cc(C(C)O)cc(C)c1OCCC(C)C. The third-order valence-electron chi connectivity index (χ3n) is 2.91. The Morgan fingerprint density at radius 2 is 1.65 bits per heavy atom. The third kappa shape index (κ3) is 4.04. The zero-order valence-corrected chi connectivity index (χ0v) is 11.6. The lowest BCUT2D eigenvalue weighted by molar-refractivity contribution is 0.199. The van der Waals surface area contributed by atoms with E-state index in [4.69, 9.17) is 4.74 Å². The van der Waals surface area contributed by atoms with Crippen molar-refractivity contribution in [3.05, 3.63) is 28.8 Å². The Hall–Kier alpha value is -1.02. The smallest absolute Gasteiger partial charge is 0.125 e. The lowest BCUT2D eigenvalue weighted by atomic mass is 10.0. The van der Waals surface area contributed by atoms with Gasteiger partial charge in [0.2, 0.25) is 0 Å². The van der Waals surface area contributed by atoms with Gasteiger partial charge in [0.05, 0.1) is 12.7 Å². The van der Waals surface area contributed by atoms with Crippen molar-refractivity contribution in [2.24, 2.45) is 5.92 Å². The predicted molar refractivity (Wildman–Crippen MR) is 71.5 cm³/mol. The van der Waals surface area contributed by atoms with Gasteiger partial charge in [-0.2, -0.15) is 0 Å². The minimum Gasteiger partial charge on any atom is -0.493 e. The van der Waals surface area contributed by atoms with Crippen molar-refractivity contribution >= 4 is 0 Å². The van der Waals surface area contributed by atoms with Gasteiger partial charge < -0.3 is 9.84 Å². The monoisotopic (exact) mass is 236 g/mol. The molecule has 0 aromatic heterocycles. The molecule has 1 aromatic rings. The van der Waals surface area contributed by atoms with Crippen molar-refractivity contribution < 1.29 is 9.84 Å². The number of benzene rings is 1. The third-order valence-corrected chi connectivity index (χ3v) is 2.91. The van der Waals surface area contributed by atoms with E-state index in [1.165, 1.54) is 0 Å². The number of aliphatic hydroxyl groups is 1. The molecule has 0 amide bonds. The first-order chi connectivity index (χ1) is 7.91. The number of hydrogen-bond donors (Lipinski definition) is 1. The van der Waals surface area contributed by atoms with Crippen molar-refractivity contribution in [1.29, 1.82) is 0 Å². The number of ether oxygens (including phenoxy) is 1. The van der Waals surface area contributed by atoms with Crippen LogP contribution in [-0.2, 0) is 0 Å². The van der Waals surface area contributed by atoms with Gasteiger partial charge in [-0.3, -0.25) is 0 Å². The van der Waals surface area contributed by atoms with Crippen LogP contribution in [0.1, 0.15) is 50.0 Å². The number of aliphatic hydroxyl groups excluding tert-OH is 1. The highest BCUT2D eigenvalue weighted by Crippen LogP contribution is 2.27. The zero-order chi connectivity index (χ0) is 13.0. The van der Waals surface area contributed by atoms with E-state index < -0.39 is 6.10 Å². The summed E-state index contributed by atoms with van der Waals surface area (Å²) in [4.78, 5) is 0. The van der Waals surface area contributed by atoms with Crippen molar-refractivity contribution in [2.45, 2.75) is 47.1 Å². The molecule has 1 atom stereocenters. The molecule has 0 saturated carbocycles. The van der Waals surface area contributed by atoms with Crippen molar-refractivity contribution in [2.75, 3.05) is 6.61 Å². The normalized spacial score (nSPS) is 12.9. The summed E-state index contributed by atoms with van der Waals surface area (Å²) in [6, 6.07) is 4.00. The van der Waals surface area contributed by atoms with Crippen molar-refractivity contribution in [1.82, 2.24) is 0 Å². The van der Waals surface area contributed by atoms with Crippen LogP contribution in [0.4, 0.5) is 0 Å². The highest BCUT2D eigenvalue weighted by atomic mass is 16.5. The molecule has 1 aromatic carbocycles. The molecule has 17 heavy (non-hydrogen) atoms. The van der Waals surface area contributed by atoms with E-state index in [9.17, 15) is 5.11 Å². The molecule has 0 saturated heterocycles. The molecule has 0 fully saturated rings. The maximum atomic E-state index is 9.57. The van der Waals surface area contributed by atoms with Gasteiger partial charge in [-0.1, -0.05) is 13.8 Å². The molecule has 2 nitrogen and oxygen atoms in total. The lowest BCUT2D eigenvalue weighted by Crippen LogP contribution is -2.05. The maximum Gasteiger partial charge on any atom is 0.125 e. The Morgan fingerprint density at radius 1 is 1.12 bits per heavy atom. The minimum absolute atomic E-state index is 0.419. The van der Waals surface area contributed by atoms with Crippen LogP contribution in [-0.4, -0.2) is 11.7 Å². The van der Waals surface area contributed by atoms with Crippen molar-refractivity contribution in [3.8, 4) is 5.75 Å². The first kappa shape index (κ1) is 14.0. The predicted octanol–water partition coefficient (Wildman–Crippen LogP) is 3.78. The van der Waals surface area contributed by atoms with E-state index >= 15 is 0 Å². The summed E-state index contributed by atoms with van der Waals surface area (Å²) < 4.78 is 5.83. The van der Waals surface area contributed by atoms with Crippen LogP contribution in [0.15, 0.2) is 12.1 Å². The number of rotatable bonds is 5. The molecule has 0 radical (unpaired) electrons. The van der Waals surface area contributed by atoms with Crippen molar-refractivity contribution in [3.63, 3.8) is 0 Å². The summed E-state index contributed by atoms with van der Waals surface area (Å²) in [5, 5.41) is 9.57. The molecule has 0 spiro atoms. The van der Waals surface area contributed by atoms with Gasteiger partial charge in [-0.05, 0) is 61.9 Å². The molecular weight excluding hydrogens is 212 g/mol. The molecule has 2 heteroatoms. The van der Waals surface area contributed by atoms with Crippen LogP contribution < -0.4 is 4.74 Å². The standard InChI is InChI=1S/C15H24O2/c1-10(2)6-7-17-15-11(3)8-14(13(5)16)9-12(15)4/h8-10,13,16H,6-7H2,1-5H3. The fourth-order valence-electron chi connectivity index (χ4n) is 1.85. The summed E-state index contributed by atoms with van der Waals surface area (Å²) >= 11 is 0. The first-order valence-corrected chi connectivity index (χ1v) is 6.33. The molecule has 0 aliphatic heterocycles. The Kier molecular flexibility index (Phi) is 5.01. The molecule has 0 bridgehead atoms. The van der Waals surface area contributed by atoms with Gasteiger partial charge >= 0.3 is 0 Å². The number of aryl methyl sites for hydroxylation is 2. The second kappa shape index (κ2) is 6.06. The first-order valence-electron chi connectivity index (χ1n) is 6.33. The average Bonchev–Trinajstić information content (AvgIpc) is 2.21. The summed E-state index contributed by atoms with van der Waals surface area (Å²) in [5.41, 5.74) is 3.16. The van der Waals surface area contributed by atoms with E-state index in [-0.39, 0.29) is 0 Å². The van der Waals surface area contributed by atoms with Gasteiger partial charge in [0.1, 0.15) is 5.75 Å². The van der Waals surface area contributed by atoms with E-state index in [2.05, 4.69) is 13.8 Å². The average molecular weight is 236 g/mol. The van der Waals surface area contributed by atoms with E-state index in [1.807, 2.05) is 26.0 Å². The van der Waals surface area contributed by atoms with Crippen LogP contribution in [0, 0.1) is 19.8 Å². The number of hydrogen-bond acceptors (Lipinski definition) is 2. The Morgan fingerprint density at radius 3 is 2.06 bits per heavy atom. The van der Waals surface area contributed by atoms with E-state index in [0.717, 1.165) is 35.5 Å². The molecule has 0 aliphatic carbocycles. The van der Waals surface area contributed by atoms with Gasteiger partial charge in [-0.25, -0.2) is 0 Å². The van der Waals surface area contributed by atoms with Gasteiger partial charge in [0.25, 0.3) is 0 Å². The fraction of sp³-hybridized carbons (Fsp3) is 0.600. The largest absolute Gasteiger partial charge is 0.493 e. The second-order valence-corrected chi connectivity index (χ2v) is 5.19. The zero-order valence-electron chi connectivity index (χ0n) is 11.6. The van der Waals surface area contributed by atoms with Gasteiger partial charge in [-0.15, -0.1) is 0 Å². The van der Waals surface area contributed by atoms with Crippen LogP contribution in [0.25, 0.3) is 0 Å². The molecule has 1 rings (SSSR count). The fourth-order valence-corrected chi connectivity index (χ4v) is 1.85. The summed E-state index contributed by atoms with van der Waals surface area (Å²) in [7, 11) is 0. The van der Waals surface area contributed by atoms with Crippen LogP contribution in [0.2, 0.25) is 0 Å². The topological polar surface area (TPSA) is 29.5 Å². The highest BCUT2D eigenvalue weighted by molar-refractivity contribution is 5.43. The van der Waals surface area contributed by atoms with Crippen LogP contribution in [0.5, 0.6) is 5.75 Å². The lowest BCUT2D eigenvalue weighted by Gasteiger charge is -2.15. The van der Waals surface area contributed by atoms with E-state index in [1.54, 1.807) is 6.92 Å². The highest BCUT2D eigenvalue weighted by Gasteiger charge is 2.09. The second-order valence-electron chi connectivity index (χ2n) is 5.19. The molecule has 1 unspecified atom stereocenters. The Bertz CT molecular complexity index is 344.